The van der Waals surface area contributed by atoms with Gasteiger partial charge in [-0.1, -0.05) is 23.4 Å². The van der Waals surface area contributed by atoms with Gasteiger partial charge >= 0.3 is 6.36 Å². The second-order valence-corrected chi connectivity index (χ2v) is 7.80. The van der Waals surface area contributed by atoms with E-state index in [2.05, 4.69) is 25.6 Å². The van der Waals surface area contributed by atoms with E-state index in [1.807, 2.05) is 0 Å². The number of benzene rings is 2. The first kappa shape index (κ1) is 23.3. The molecule has 0 fully saturated rings. The quantitative estimate of drug-likeness (QED) is 0.297. The first-order valence-corrected chi connectivity index (χ1v) is 9.85. The maximum absolute atomic E-state index is 12.5. The molecule has 0 spiro atoms. The van der Waals surface area contributed by atoms with Gasteiger partial charge < -0.3 is 10.1 Å². The average molecular weight is 489 g/mol. The van der Waals surface area contributed by atoms with Gasteiger partial charge in [0, 0.05) is 12.1 Å². The fraction of sp³-hybridized carbons (Fsp3) is 0.176. The van der Waals surface area contributed by atoms with Crippen LogP contribution in [0.2, 0.25) is 5.02 Å². The third kappa shape index (κ3) is 5.85. The number of nitro groups is 1. The number of tetrazole rings is 1. The molecule has 1 atom stereocenters. The van der Waals surface area contributed by atoms with Gasteiger partial charge in [0.15, 0.2) is 0 Å². The minimum Gasteiger partial charge on any atom is -0.406 e. The van der Waals surface area contributed by atoms with Crippen LogP contribution in [0.15, 0.2) is 47.6 Å². The Morgan fingerprint density at radius 2 is 1.97 bits per heavy atom. The molecule has 0 saturated carbocycles. The lowest BCUT2D eigenvalue weighted by molar-refractivity contribution is -0.384. The molecule has 1 N–H and O–H groups in total. The number of amides is 1. The number of alkyl halides is 3. The second-order valence-electron chi connectivity index (χ2n) is 6.09. The number of rotatable bonds is 7. The maximum Gasteiger partial charge on any atom is 0.573 e. The number of carbonyl (C=O) groups is 1. The fourth-order valence-electron chi connectivity index (χ4n) is 2.37. The molecular formula is C17H12ClF3N6O4S. The minimum atomic E-state index is -4.82. The molecule has 15 heteroatoms. The van der Waals surface area contributed by atoms with Crippen molar-refractivity contribution in [1.29, 1.82) is 0 Å². The van der Waals surface area contributed by atoms with Crippen LogP contribution in [0, 0.1) is 10.1 Å². The van der Waals surface area contributed by atoms with Crippen LogP contribution >= 0.6 is 23.4 Å². The molecule has 0 aliphatic carbocycles. The zero-order valence-corrected chi connectivity index (χ0v) is 17.5. The van der Waals surface area contributed by atoms with Crippen LogP contribution in [-0.4, -0.2) is 42.7 Å². The number of nitrogens with one attached hydrogen (secondary N) is 1. The smallest absolute Gasteiger partial charge is 0.406 e. The first-order valence-electron chi connectivity index (χ1n) is 8.59. The summed E-state index contributed by atoms with van der Waals surface area (Å²) >= 11 is 6.95. The normalized spacial score (nSPS) is 12.3. The van der Waals surface area contributed by atoms with E-state index in [1.165, 1.54) is 28.9 Å². The van der Waals surface area contributed by atoms with Gasteiger partial charge in [0.1, 0.15) is 5.75 Å². The fourth-order valence-corrected chi connectivity index (χ4v) is 3.34. The molecule has 1 aromatic heterocycles. The van der Waals surface area contributed by atoms with Crippen LogP contribution < -0.4 is 10.1 Å². The number of nitrogens with zero attached hydrogens (tertiary/aromatic N) is 5. The summed E-state index contributed by atoms with van der Waals surface area (Å²) in [6, 6.07) is 8.45. The van der Waals surface area contributed by atoms with Crippen molar-refractivity contribution in [3.05, 3.63) is 57.6 Å². The van der Waals surface area contributed by atoms with Crippen LogP contribution in [0.25, 0.3) is 5.69 Å². The van der Waals surface area contributed by atoms with Crippen LogP contribution in [-0.2, 0) is 4.79 Å². The first-order chi connectivity index (χ1) is 15.0. The lowest BCUT2D eigenvalue weighted by Crippen LogP contribution is -2.23. The van der Waals surface area contributed by atoms with E-state index in [0.717, 1.165) is 30.0 Å². The number of thioether (sulfide) groups is 1. The molecule has 1 heterocycles. The number of aromatic nitrogens is 4. The van der Waals surface area contributed by atoms with Crippen molar-refractivity contribution in [2.24, 2.45) is 0 Å². The molecule has 3 rings (SSSR count). The number of hydrogen-bond donors (Lipinski definition) is 1. The van der Waals surface area contributed by atoms with Crippen molar-refractivity contribution >= 4 is 40.6 Å². The number of ether oxygens (including phenoxy) is 1. The molecule has 0 bridgehead atoms. The Morgan fingerprint density at radius 3 is 2.59 bits per heavy atom. The van der Waals surface area contributed by atoms with E-state index in [4.69, 9.17) is 11.6 Å². The summed E-state index contributed by atoms with van der Waals surface area (Å²) in [6.07, 6.45) is -4.82. The third-order valence-corrected chi connectivity index (χ3v) is 5.19. The van der Waals surface area contributed by atoms with Gasteiger partial charge in [0.05, 0.1) is 26.6 Å². The lowest BCUT2D eigenvalue weighted by Gasteiger charge is -2.13. The Bertz CT molecular complexity index is 1140. The SMILES string of the molecule is CC(Sc1nnnn1-c1ccc(OC(F)(F)F)cc1)C(=O)Nc1cc([N+](=O)[O-])ccc1Cl. The highest BCUT2D eigenvalue weighted by molar-refractivity contribution is 8.00. The van der Waals surface area contributed by atoms with Crippen LogP contribution in [0.5, 0.6) is 5.75 Å². The Labute approximate surface area is 186 Å². The second kappa shape index (κ2) is 9.40. The Balaban J connectivity index is 1.71. The Hall–Kier alpha value is -3.39. The molecule has 1 amide bonds. The molecular weight excluding hydrogens is 477 g/mol. The summed E-state index contributed by atoms with van der Waals surface area (Å²) in [4.78, 5) is 22.8. The van der Waals surface area contributed by atoms with Crippen LogP contribution in [0.1, 0.15) is 6.92 Å². The van der Waals surface area contributed by atoms with E-state index < -0.39 is 28.2 Å². The van der Waals surface area contributed by atoms with E-state index in [-0.39, 0.29) is 21.6 Å². The molecule has 2 aromatic carbocycles. The van der Waals surface area contributed by atoms with Gasteiger partial charge in [0.2, 0.25) is 11.1 Å². The molecule has 1 unspecified atom stereocenters. The zero-order chi connectivity index (χ0) is 23.5. The van der Waals surface area contributed by atoms with Gasteiger partial charge in [-0.15, -0.1) is 18.3 Å². The highest BCUT2D eigenvalue weighted by Gasteiger charge is 2.31. The molecule has 0 saturated heterocycles. The molecule has 0 aliphatic heterocycles. The van der Waals surface area contributed by atoms with Crippen molar-refractivity contribution in [2.45, 2.75) is 23.7 Å². The number of anilines is 1. The lowest BCUT2D eigenvalue weighted by atomic mass is 10.2. The Morgan fingerprint density at radius 1 is 1.28 bits per heavy atom. The summed E-state index contributed by atoms with van der Waals surface area (Å²) in [5.74, 6) is -0.939. The monoisotopic (exact) mass is 488 g/mol. The van der Waals surface area contributed by atoms with Crippen molar-refractivity contribution in [1.82, 2.24) is 20.2 Å². The topological polar surface area (TPSA) is 125 Å². The highest BCUT2D eigenvalue weighted by Crippen LogP contribution is 2.29. The molecule has 0 aliphatic rings. The number of carbonyl (C=O) groups excluding carboxylic acids is 1. The van der Waals surface area contributed by atoms with Gasteiger partial charge in [-0.2, -0.15) is 4.68 Å². The standard InChI is InChI=1S/C17H12ClF3N6O4S/c1-9(15(28)22-14-8-11(27(29)30)4-7-13(14)18)32-16-23-24-25-26(16)10-2-5-12(6-3-10)31-17(19,20)21/h2-9H,1H3,(H,22,28). The minimum absolute atomic E-state index is 0.0677. The van der Waals surface area contributed by atoms with Crippen molar-refractivity contribution in [2.75, 3.05) is 5.32 Å². The zero-order valence-electron chi connectivity index (χ0n) is 15.9. The molecule has 32 heavy (non-hydrogen) atoms. The summed E-state index contributed by atoms with van der Waals surface area (Å²) in [5, 5.41) is 24.1. The van der Waals surface area contributed by atoms with Crippen molar-refractivity contribution in [3.63, 3.8) is 0 Å². The number of non-ortho nitro benzene ring substituents is 1. The van der Waals surface area contributed by atoms with Gasteiger partial charge in [-0.3, -0.25) is 14.9 Å². The summed E-state index contributed by atoms with van der Waals surface area (Å²) < 4.78 is 41.9. The van der Waals surface area contributed by atoms with Crippen molar-refractivity contribution < 1.29 is 27.6 Å². The summed E-state index contributed by atoms with van der Waals surface area (Å²) in [7, 11) is 0. The van der Waals surface area contributed by atoms with Crippen LogP contribution in [0.4, 0.5) is 24.5 Å². The van der Waals surface area contributed by atoms with Crippen LogP contribution in [0.3, 0.4) is 0 Å². The highest BCUT2D eigenvalue weighted by atomic mass is 35.5. The Kier molecular flexibility index (Phi) is 6.84. The molecule has 0 radical (unpaired) electrons. The van der Waals surface area contributed by atoms with E-state index in [9.17, 15) is 28.1 Å². The predicted molar refractivity (Wildman–Crippen MR) is 108 cm³/mol. The largest absolute Gasteiger partial charge is 0.573 e. The molecule has 168 valence electrons. The van der Waals surface area contributed by atoms with Gasteiger partial charge in [-0.05, 0) is 47.7 Å². The number of halogens is 4. The third-order valence-electron chi connectivity index (χ3n) is 3.83. The van der Waals surface area contributed by atoms with Gasteiger partial charge in [0.25, 0.3) is 5.69 Å². The summed E-state index contributed by atoms with van der Waals surface area (Å²) in [6.45, 7) is 1.55. The number of hydrogen-bond acceptors (Lipinski definition) is 8. The maximum atomic E-state index is 12.5. The molecule has 10 nitrogen and oxygen atoms in total. The van der Waals surface area contributed by atoms with E-state index in [0.29, 0.717) is 5.69 Å². The predicted octanol–water partition coefficient (Wildman–Crippen LogP) is 4.24. The van der Waals surface area contributed by atoms with E-state index in [1.54, 1.807) is 6.92 Å². The van der Waals surface area contributed by atoms with Crippen molar-refractivity contribution in [3.8, 4) is 11.4 Å². The number of nitro benzene ring substituents is 1. The van der Waals surface area contributed by atoms with E-state index >= 15 is 0 Å². The summed E-state index contributed by atoms with van der Waals surface area (Å²) in [5.41, 5.74) is 0.159. The van der Waals surface area contributed by atoms with Gasteiger partial charge in [-0.25, -0.2) is 0 Å². The average Bonchev–Trinajstić information content (AvgIpc) is 3.16. The molecule has 3 aromatic rings.